The van der Waals surface area contributed by atoms with Gasteiger partial charge in [-0.05, 0) is 48.0 Å². The second kappa shape index (κ2) is 7.59. The zero-order valence-electron chi connectivity index (χ0n) is 15.2. The van der Waals surface area contributed by atoms with Crippen molar-refractivity contribution in [2.24, 2.45) is 0 Å². The van der Waals surface area contributed by atoms with Crippen molar-refractivity contribution in [3.05, 3.63) is 105 Å². The van der Waals surface area contributed by atoms with E-state index in [4.69, 9.17) is 0 Å². The van der Waals surface area contributed by atoms with Crippen LogP contribution in [0.4, 0.5) is 4.39 Å². The summed E-state index contributed by atoms with van der Waals surface area (Å²) in [7, 11) is 0. The maximum absolute atomic E-state index is 13.1. The Morgan fingerprint density at radius 3 is 2.55 bits per heavy atom. The first-order valence-corrected chi connectivity index (χ1v) is 8.80. The van der Waals surface area contributed by atoms with Crippen LogP contribution >= 0.6 is 0 Å². The maximum Gasteiger partial charge on any atom is 0.352 e. The molecule has 2 aromatic rings. The van der Waals surface area contributed by atoms with Gasteiger partial charge >= 0.3 is 5.69 Å². The number of rotatable bonds is 5. The van der Waals surface area contributed by atoms with Crippen molar-refractivity contribution >= 4 is 5.78 Å². The minimum absolute atomic E-state index is 0.0534. The van der Waals surface area contributed by atoms with Crippen molar-refractivity contribution in [1.82, 2.24) is 19.1 Å². The van der Waals surface area contributed by atoms with Crippen molar-refractivity contribution in [3.8, 4) is 11.4 Å². The van der Waals surface area contributed by atoms with Crippen LogP contribution in [0, 0.1) is 5.82 Å². The molecule has 0 unspecified atom stereocenters. The lowest BCUT2D eigenvalue weighted by atomic mass is 10.1. The van der Waals surface area contributed by atoms with Crippen LogP contribution in [0.1, 0.15) is 15.9 Å². The largest absolute Gasteiger partial charge is 0.352 e. The molecule has 0 fully saturated rings. The molecule has 0 bridgehead atoms. The van der Waals surface area contributed by atoms with Crippen molar-refractivity contribution in [1.29, 1.82) is 0 Å². The molecule has 0 saturated heterocycles. The van der Waals surface area contributed by atoms with Gasteiger partial charge in [0.25, 0.3) is 5.56 Å². The van der Waals surface area contributed by atoms with E-state index >= 15 is 0 Å². The average Bonchev–Trinajstić information content (AvgIpc) is 2.73. The van der Waals surface area contributed by atoms with Crippen molar-refractivity contribution < 1.29 is 9.18 Å². The Bertz CT molecular complexity index is 1260. The summed E-state index contributed by atoms with van der Waals surface area (Å²) in [6.07, 6.45) is 4.74. The molecule has 0 aliphatic carbocycles. The molecule has 0 saturated carbocycles. The van der Waals surface area contributed by atoms with Gasteiger partial charge in [0.2, 0.25) is 0 Å². The van der Waals surface area contributed by atoms with E-state index in [0.717, 1.165) is 4.57 Å². The molecule has 3 heterocycles. The Morgan fingerprint density at radius 2 is 1.83 bits per heavy atom. The van der Waals surface area contributed by atoms with Gasteiger partial charge in [-0.15, -0.1) is 0 Å². The van der Waals surface area contributed by atoms with Crippen LogP contribution in [0.25, 0.3) is 11.4 Å². The minimum Gasteiger partial charge on any atom is -0.324 e. The van der Waals surface area contributed by atoms with Gasteiger partial charge in [0.1, 0.15) is 5.82 Å². The average molecular weight is 390 g/mol. The highest BCUT2D eigenvalue weighted by molar-refractivity contribution is 5.96. The molecule has 7 nitrogen and oxygen atoms in total. The van der Waals surface area contributed by atoms with Gasteiger partial charge in [0.05, 0.1) is 18.7 Å². The fraction of sp³-hybridized carbons (Fsp3) is 0.0952. The van der Waals surface area contributed by atoms with Crippen LogP contribution in [0.5, 0.6) is 0 Å². The van der Waals surface area contributed by atoms with Crippen molar-refractivity contribution in [2.45, 2.75) is 13.1 Å². The number of benzene rings is 1. The van der Waals surface area contributed by atoms with E-state index in [1.54, 1.807) is 42.9 Å². The molecule has 29 heavy (non-hydrogen) atoms. The summed E-state index contributed by atoms with van der Waals surface area (Å²) in [4.78, 5) is 45.9. The van der Waals surface area contributed by atoms with E-state index in [2.05, 4.69) is 9.97 Å². The van der Waals surface area contributed by atoms with E-state index in [9.17, 15) is 18.8 Å². The Balaban J connectivity index is 1.72. The second-order valence-electron chi connectivity index (χ2n) is 6.45. The van der Waals surface area contributed by atoms with Gasteiger partial charge in [-0.3, -0.25) is 19.1 Å². The number of hydrogen-bond acceptors (Lipinski definition) is 5. The summed E-state index contributed by atoms with van der Waals surface area (Å²) < 4.78 is 15.5. The monoisotopic (exact) mass is 390 g/mol. The number of carbonyl (C=O) groups excluding carboxylic acids is 1. The first-order valence-electron chi connectivity index (χ1n) is 8.80. The van der Waals surface area contributed by atoms with E-state index in [-0.39, 0.29) is 30.3 Å². The molecule has 0 radical (unpaired) electrons. The molecule has 0 spiro atoms. The molecule has 2 aliphatic heterocycles. The number of halogens is 1. The molecule has 2 aliphatic rings. The van der Waals surface area contributed by atoms with Gasteiger partial charge in [-0.25, -0.2) is 9.18 Å². The molecule has 4 rings (SSSR count). The first-order chi connectivity index (χ1) is 14.0. The number of fused-ring (bicyclic) bond motifs is 1. The third-order valence-electron chi connectivity index (χ3n) is 4.49. The summed E-state index contributed by atoms with van der Waals surface area (Å²) in [6.45, 7) is -0.0840. The first kappa shape index (κ1) is 18.4. The standard InChI is InChI=1S/C21H15FN4O3/c22-16-7-5-15(6-8-16)18(27)13-25-10-2-4-17-19(25)24-21(29)26(20(17)28)12-14-3-1-9-23-11-14/h1-11H,12-13H2. The van der Waals surface area contributed by atoms with Crippen molar-refractivity contribution in [2.75, 3.05) is 0 Å². The van der Waals surface area contributed by atoms with E-state index in [1.165, 1.54) is 28.8 Å². The minimum atomic E-state index is -0.708. The number of Topliss-reactive ketones (excluding diaryl/α,β-unsaturated/α-hetero) is 1. The van der Waals surface area contributed by atoms with Crippen LogP contribution in [-0.4, -0.2) is 24.9 Å². The van der Waals surface area contributed by atoms with Gasteiger partial charge in [0.15, 0.2) is 11.6 Å². The number of pyridine rings is 2. The van der Waals surface area contributed by atoms with Crippen molar-refractivity contribution in [3.63, 3.8) is 0 Å². The second-order valence-corrected chi connectivity index (χ2v) is 6.45. The summed E-state index contributed by atoms with van der Waals surface area (Å²) in [5.74, 6) is -0.608. The number of aromatic nitrogens is 4. The highest BCUT2D eigenvalue weighted by Gasteiger charge is 2.18. The highest BCUT2D eigenvalue weighted by atomic mass is 19.1. The third-order valence-corrected chi connectivity index (χ3v) is 4.49. The summed E-state index contributed by atoms with van der Waals surface area (Å²) in [6, 6.07) is 11.8. The van der Waals surface area contributed by atoms with Crippen LogP contribution < -0.4 is 11.2 Å². The molecule has 144 valence electrons. The molecule has 0 amide bonds. The smallest absolute Gasteiger partial charge is 0.324 e. The molecule has 0 N–H and O–H groups in total. The van der Waals surface area contributed by atoms with Gasteiger partial charge in [-0.1, -0.05) is 6.07 Å². The van der Waals surface area contributed by atoms with E-state index in [0.29, 0.717) is 11.1 Å². The number of hydrogen-bond donors (Lipinski definition) is 0. The molecular weight excluding hydrogens is 375 g/mol. The predicted molar refractivity (Wildman–Crippen MR) is 103 cm³/mol. The molecule has 1 aromatic carbocycles. The SMILES string of the molecule is O=C(Cn1cccc2c(=O)n(Cc3cccnc3)c(=O)nc1-2)c1ccc(F)cc1. The molecule has 8 heteroatoms. The summed E-state index contributed by atoms with van der Waals surface area (Å²) >= 11 is 0. The Labute approximate surface area is 164 Å². The fourth-order valence-corrected chi connectivity index (χ4v) is 3.04. The Morgan fingerprint density at radius 1 is 1.03 bits per heavy atom. The number of nitrogens with zero attached hydrogens (tertiary/aromatic N) is 4. The lowest BCUT2D eigenvalue weighted by Gasteiger charge is -2.14. The molecular formula is C21H15FN4O3. The van der Waals surface area contributed by atoms with Gasteiger partial charge < -0.3 is 4.57 Å². The molecule has 1 aromatic heterocycles. The Kier molecular flexibility index (Phi) is 4.82. The normalized spacial score (nSPS) is 10.9. The van der Waals surface area contributed by atoms with E-state index < -0.39 is 17.1 Å². The van der Waals surface area contributed by atoms with Gasteiger partial charge in [0, 0.05) is 24.2 Å². The Hall–Kier alpha value is -3.94. The van der Waals surface area contributed by atoms with Crippen LogP contribution in [-0.2, 0) is 13.1 Å². The zero-order chi connectivity index (χ0) is 20.4. The predicted octanol–water partition coefficient (Wildman–Crippen LogP) is 1.98. The van der Waals surface area contributed by atoms with Crippen LogP contribution in [0.3, 0.4) is 0 Å². The quantitative estimate of drug-likeness (QED) is 0.487. The summed E-state index contributed by atoms with van der Waals surface area (Å²) in [5.41, 5.74) is 0.0437. The van der Waals surface area contributed by atoms with E-state index in [1.807, 2.05) is 0 Å². The summed E-state index contributed by atoms with van der Waals surface area (Å²) in [5, 5.41) is 0. The van der Waals surface area contributed by atoms with Crippen LogP contribution in [0.2, 0.25) is 0 Å². The van der Waals surface area contributed by atoms with Gasteiger partial charge in [-0.2, -0.15) is 4.98 Å². The number of ketones is 1. The third kappa shape index (κ3) is 3.73. The lowest BCUT2D eigenvalue weighted by Crippen LogP contribution is -2.38. The maximum atomic E-state index is 13.1. The lowest BCUT2D eigenvalue weighted by molar-refractivity contribution is 0.0972. The topological polar surface area (TPSA) is 86.9 Å². The highest BCUT2D eigenvalue weighted by Crippen LogP contribution is 2.15. The number of carbonyl (C=O) groups is 1. The zero-order valence-corrected chi connectivity index (χ0v) is 15.2. The molecule has 0 atom stereocenters. The van der Waals surface area contributed by atoms with Crippen LogP contribution in [0.15, 0.2) is 76.7 Å². The fourth-order valence-electron chi connectivity index (χ4n) is 3.04.